The molecule has 0 bridgehead atoms. The van der Waals surface area contributed by atoms with E-state index < -0.39 is 70.6 Å². The summed E-state index contributed by atoms with van der Waals surface area (Å²) in [6.07, 6.45) is 5.61. The maximum absolute atomic E-state index is 14.8. The number of rotatable bonds is 6. The molecule has 2 aliphatic rings. The highest BCUT2D eigenvalue weighted by molar-refractivity contribution is 6.00. The summed E-state index contributed by atoms with van der Waals surface area (Å²) in [6, 6.07) is -1.80. The molecule has 182 valence electrons. The molecule has 1 aliphatic heterocycles. The topological polar surface area (TPSA) is 146 Å². The lowest BCUT2D eigenvalue weighted by Crippen LogP contribution is -2.49. The minimum absolute atomic E-state index is 0.0625. The second-order valence-corrected chi connectivity index (χ2v) is 9.04. The Kier molecular flexibility index (Phi) is 7.63. The van der Waals surface area contributed by atoms with Gasteiger partial charge >= 0.3 is 0 Å². The Morgan fingerprint density at radius 1 is 1.15 bits per heavy atom. The third-order valence-electron chi connectivity index (χ3n) is 6.73. The lowest BCUT2D eigenvalue weighted by Gasteiger charge is -2.27. The van der Waals surface area contributed by atoms with Gasteiger partial charge in [0.15, 0.2) is 23.2 Å². The monoisotopic (exact) mass is 469 g/mol. The van der Waals surface area contributed by atoms with E-state index in [9.17, 15) is 27.9 Å². The van der Waals surface area contributed by atoms with Crippen molar-refractivity contribution in [1.29, 1.82) is 5.41 Å². The van der Waals surface area contributed by atoms with Crippen LogP contribution in [0, 0.1) is 34.7 Å². The van der Waals surface area contributed by atoms with Gasteiger partial charge in [0.2, 0.25) is 11.8 Å². The van der Waals surface area contributed by atoms with Crippen LogP contribution in [0.1, 0.15) is 56.6 Å². The van der Waals surface area contributed by atoms with Gasteiger partial charge < -0.3 is 16.6 Å². The van der Waals surface area contributed by atoms with E-state index in [2.05, 4.69) is 5.32 Å². The smallest absolute Gasteiger partial charge is 0.243 e. The van der Waals surface area contributed by atoms with E-state index in [0.717, 1.165) is 32.1 Å². The van der Waals surface area contributed by atoms with E-state index >= 15 is 0 Å². The van der Waals surface area contributed by atoms with Gasteiger partial charge in [-0.3, -0.25) is 25.2 Å². The van der Waals surface area contributed by atoms with Crippen LogP contribution in [0.15, 0.2) is 0 Å². The summed E-state index contributed by atoms with van der Waals surface area (Å²) in [5, 5.41) is 19.5. The van der Waals surface area contributed by atoms with Crippen molar-refractivity contribution in [2.45, 2.75) is 64.1 Å². The minimum atomic E-state index is -1.63. The first kappa shape index (κ1) is 25.0. The number of hydrogen-bond acceptors (Lipinski definition) is 6. The van der Waals surface area contributed by atoms with Crippen LogP contribution in [0.25, 0.3) is 0 Å². The summed E-state index contributed by atoms with van der Waals surface area (Å²) in [6.45, 7) is 1.24. The molecule has 0 spiro atoms. The molecule has 1 saturated heterocycles. The van der Waals surface area contributed by atoms with Crippen molar-refractivity contribution >= 4 is 17.6 Å². The van der Waals surface area contributed by atoms with E-state index in [0.29, 0.717) is 18.9 Å². The highest BCUT2D eigenvalue weighted by Gasteiger charge is 2.42. The second kappa shape index (κ2) is 10.1. The number of carbonyl (C=O) groups is 2. The maximum Gasteiger partial charge on any atom is 0.243 e. The molecule has 0 radical (unpaired) electrons. The molecule has 11 heteroatoms. The van der Waals surface area contributed by atoms with Crippen LogP contribution in [0.5, 0.6) is 5.75 Å². The first-order valence-corrected chi connectivity index (χ1v) is 11.1. The maximum atomic E-state index is 14.8. The van der Waals surface area contributed by atoms with Gasteiger partial charge in [0.25, 0.3) is 0 Å². The van der Waals surface area contributed by atoms with Crippen molar-refractivity contribution in [2.24, 2.45) is 23.3 Å². The number of halogens is 3. The number of hydrogen-bond donors (Lipinski definition) is 5. The zero-order chi connectivity index (χ0) is 24.4. The fourth-order valence-corrected chi connectivity index (χ4v) is 4.93. The molecule has 1 aromatic carbocycles. The Balaban J connectivity index is 1.91. The van der Waals surface area contributed by atoms with Crippen molar-refractivity contribution in [3.8, 4) is 5.75 Å². The van der Waals surface area contributed by atoms with Crippen molar-refractivity contribution in [3.63, 3.8) is 0 Å². The summed E-state index contributed by atoms with van der Waals surface area (Å²) >= 11 is 0. The fourth-order valence-electron chi connectivity index (χ4n) is 4.93. The van der Waals surface area contributed by atoms with Gasteiger partial charge in [0.05, 0.1) is 17.6 Å². The van der Waals surface area contributed by atoms with Gasteiger partial charge in [0, 0.05) is 18.7 Å². The molecule has 1 aliphatic carbocycles. The first-order chi connectivity index (χ1) is 15.5. The van der Waals surface area contributed by atoms with Gasteiger partial charge in [-0.2, -0.15) is 0 Å². The van der Waals surface area contributed by atoms with E-state index in [4.69, 9.17) is 16.9 Å². The van der Waals surface area contributed by atoms with Crippen LogP contribution in [-0.4, -0.2) is 46.3 Å². The van der Waals surface area contributed by atoms with Gasteiger partial charge in [-0.05, 0) is 25.2 Å². The minimum Gasteiger partial charge on any atom is -0.504 e. The number of amidine groups is 1. The fraction of sp³-hybridized carbons (Fsp3) is 0.591. The lowest BCUT2D eigenvalue weighted by molar-refractivity contribution is -0.133. The Labute approximate surface area is 190 Å². The number of amides is 2. The van der Waals surface area contributed by atoms with E-state index in [1.54, 1.807) is 0 Å². The average molecular weight is 470 g/mol. The number of nitrogens with two attached hydrogens (primary N) is 2. The third kappa shape index (κ3) is 5.14. The van der Waals surface area contributed by atoms with Gasteiger partial charge in [-0.25, -0.2) is 13.2 Å². The number of aromatic hydroxyl groups is 1. The molecule has 1 aromatic rings. The Morgan fingerprint density at radius 2 is 1.79 bits per heavy atom. The molecule has 2 amide bonds. The van der Waals surface area contributed by atoms with Crippen molar-refractivity contribution in [1.82, 2.24) is 10.2 Å². The highest BCUT2D eigenvalue weighted by Crippen LogP contribution is 2.39. The Bertz CT molecular complexity index is 921. The number of nitrogens with zero attached hydrogens (tertiary/aromatic N) is 1. The molecule has 7 N–H and O–H groups in total. The summed E-state index contributed by atoms with van der Waals surface area (Å²) in [5.74, 6) is -7.84. The van der Waals surface area contributed by atoms with Gasteiger partial charge in [-0.1, -0.05) is 32.1 Å². The molecule has 3 rings (SSSR count). The number of nitrogens with one attached hydrogen (secondary N) is 2. The molecule has 0 aromatic heterocycles. The van der Waals surface area contributed by atoms with Crippen LogP contribution in [0.3, 0.4) is 0 Å². The van der Waals surface area contributed by atoms with Crippen LogP contribution < -0.4 is 16.8 Å². The molecule has 1 saturated carbocycles. The Morgan fingerprint density at radius 3 is 2.36 bits per heavy atom. The quantitative estimate of drug-likeness (QED) is 0.244. The second-order valence-electron chi connectivity index (χ2n) is 9.04. The summed E-state index contributed by atoms with van der Waals surface area (Å²) in [7, 11) is 0. The van der Waals surface area contributed by atoms with Crippen LogP contribution in [0.4, 0.5) is 13.2 Å². The number of phenols is 1. The number of likely N-dealkylation sites (tertiary alicyclic amines) is 1. The largest absolute Gasteiger partial charge is 0.504 e. The number of nitrogen functional groups attached to an aromatic ring is 1. The number of carbonyl (C=O) groups excluding carboxylic acids is 2. The predicted octanol–water partition coefficient (Wildman–Crippen LogP) is 1.85. The third-order valence-corrected chi connectivity index (χ3v) is 6.73. The molecule has 33 heavy (non-hydrogen) atoms. The van der Waals surface area contributed by atoms with Crippen molar-refractivity contribution in [2.75, 3.05) is 6.54 Å². The standard InChI is InChI=1S/C22H30F3N5O3/c1-10(26)21(32)29-22(33)14-7-12(11-5-3-2-4-6-11)8-30(14)9-13-16(23)18(25)15(20(27)28)19(31)17(13)24/h10-12,14,31H,2-9,26H2,1H3,(H3,27,28)(H,29,32,33)/t10-,12?,14-/m0/s1. The zero-order valence-electron chi connectivity index (χ0n) is 18.5. The molecular formula is C22H30F3N5O3. The molecule has 1 unspecified atom stereocenters. The summed E-state index contributed by atoms with van der Waals surface area (Å²) in [5.41, 5.74) is 8.85. The van der Waals surface area contributed by atoms with E-state index in [1.165, 1.54) is 11.8 Å². The normalized spacial score (nSPS) is 22.8. The molecule has 1 heterocycles. The van der Waals surface area contributed by atoms with Crippen LogP contribution in [-0.2, 0) is 16.1 Å². The molecular weight excluding hydrogens is 439 g/mol. The SMILES string of the molecule is C[C@H](N)C(=O)NC(=O)[C@@H]1CC(C2CCCCC2)CN1Cc1c(F)c(O)c(C(=N)N)c(F)c1F. The highest BCUT2D eigenvalue weighted by atomic mass is 19.2. The average Bonchev–Trinajstić information content (AvgIpc) is 3.20. The van der Waals surface area contributed by atoms with Gasteiger partial charge in [-0.15, -0.1) is 0 Å². The molecule has 8 nitrogen and oxygen atoms in total. The molecule has 2 fully saturated rings. The lowest BCUT2D eigenvalue weighted by atomic mass is 9.79. The zero-order valence-corrected chi connectivity index (χ0v) is 18.5. The van der Waals surface area contributed by atoms with Crippen molar-refractivity contribution < 1.29 is 27.9 Å². The van der Waals surface area contributed by atoms with Crippen LogP contribution >= 0.6 is 0 Å². The van der Waals surface area contributed by atoms with Crippen LogP contribution in [0.2, 0.25) is 0 Å². The number of phenolic OH excluding ortho intramolecular Hbond substituents is 1. The first-order valence-electron chi connectivity index (χ1n) is 11.1. The predicted molar refractivity (Wildman–Crippen MR) is 115 cm³/mol. The number of benzene rings is 1. The summed E-state index contributed by atoms with van der Waals surface area (Å²) < 4.78 is 44.0. The van der Waals surface area contributed by atoms with Gasteiger partial charge in [0.1, 0.15) is 5.84 Å². The number of imide groups is 1. The van der Waals surface area contributed by atoms with E-state index in [1.807, 2.05) is 0 Å². The Hall–Kier alpha value is -2.66. The summed E-state index contributed by atoms with van der Waals surface area (Å²) in [4.78, 5) is 26.3. The molecule has 3 atom stereocenters. The van der Waals surface area contributed by atoms with E-state index in [-0.39, 0.29) is 5.92 Å². The van der Waals surface area contributed by atoms with Crippen molar-refractivity contribution in [3.05, 3.63) is 28.6 Å².